The summed E-state index contributed by atoms with van der Waals surface area (Å²) in [7, 11) is 0. The molecule has 0 radical (unpaired) electrons. The van der Waals surface area contributed by atoms with E-state index in [0.29, 0.717) is 11.1 Å². The molecule has 2 aromatic rings. The standard InChI is InChI=1S/C17H21N3O3S/c1-10-5-3-4-8-20(10)16(22)11(2)18-15(21)12-6-7-13-14(9-12)23-17(24)19-13/h6-7,9-11H,3-5,8H2,1-2H3,(H,18,21)(H,19,24)/t10-,11+/m0/s1. The Hall–Kier alpha value is -2.15. The van der Waals surface area contributed by atoms with Crippen LogP contribution in [0.3, 0.4) is 0 Å². The van der Waals surface area contributed by atoms with Crippen LogP contribution in [0, 0.1) is 4.84 Å². The van der Waals surface area contributed by atoms with Gasteiger partial charge in [-0.2, -0.15) is 0 Å². The number of likely N-dealkylation sites (tertiary alicyclic amines) is 1. The Labute approximate surface area is 145 Å². The van der Waals surface area contributed by atoms with Gasteiger partial charge in [0.25, 0.3) is 10.7 Å². The number of hydrogen-bond acceptors (Lipinski definition) is 4. The van der Waals surface area contributed by atoms with Gasteiger partial charge in [0.05, 0.1) is 5.52 Å². The largest absolute Gasteiger partial charge is 0.429 e. The third-order valence-electron chi connectivity index (χ3n) is 4.49. The van der Waals surface area contributed by atoms with Crippen molar-refractivity contribution in [2.45, 2.75) is 45.2 Å². The van der Waals surface area contributed by atoms with Crippen molar-refractivity contribution in [3.63, 3.8) is 0 Å². The van der Waals surface area contributed by atoms with Gasteiger partial charge in [-0.05, 0) is 63.5 Å². The highest BCUT2D eigenvalue weighted by Gasteiger charge is 2.28. The van der Waals surface area contributed by atoms with Gasteiger partial charge in [0.2, 0.25) is 5.91 Å². The molecule has 2 heterocycles. The first-order valence-corrected chi connectivity index (χ1v) is 8.61. The number of aromatic nitrogens is 1. The zero-order valence-electron chi connectivity index (χ0n) is 13.8. The molecule has 3 rings (SSSR count). The van der Waals surface area contributed by atoms with Crippen molar-refractivity contribution in [3.8, 4) is 0 Å². The molecule has 2 atom stereocenters. The molecule has 1 fully saturated rings. The molecule has 1 aromatic heterocycles. The topological polar surface area (TPSA) is 78.3 Å². The number of nitrogens with zero attached hydrogens (tertiary/aromatic N) is 1. The Balaban J connectivity index is 1.70. The Morgan fingerprint density at radius 3 is 2.96 bits per heavy atom. The summed E-state index contributed by atoms with van der Waals surface area (Å²) in [6, 6.07) is 4.71. The van der Waals surface area contributed by atoms with E-state index in [4.69, 9.17) is 16.6 Å². The SMILES string of the molecule is C[C@@H](NC(=O)c1ccc2[nH]c(=S)oc2c1)C(=O)N1CCCC[C@@H]1C. The highest BCUT2D eigenvalue weighted by atomic mass is 32.1. The number of oxazole rings is 1. The maximum Gasteiger partial charge on any atom is 0.266 e. The van der Waals surface area contributed by atoms with Crippen LogP contribution in [0.4, 0.5) is 0 Å². The van der Waals surface area contributed by atoms with Crippen LogP contribution >= 0.6 is 12.2 Å². The average Bonchev–Trinajstić information content (AvgIpc) is 2.93. The van der Waals surface area contributed by atoms with Crippen molar-refractivity contribution in [2.75, 3.05) is 6.54 Å². The lowest BCUT2D eigenvalue weighted by Gasteiger charge is -2.35. The van der Waals surface area contributed by atoms with Crippen molar-refractivity contribution in [1.82, 2.24) is 15.2 Å². The number of rotatable bonds is 3. The van der Waals surface area contributed by atoms with Crippen molar-refractivity contribution in [3.05, 3.63) is 28.6 Å². The summed E-state index contributed by atoms with van der Waals surface area (Å²) in [5.74, 6) is -0.333. The zero-order valence-corrected chi connectivity index (χ0v) is 14.6. The molecule has 0 spiro atoms. The molecule has 24 heavy (non-hydrogen) atoms. The molecule has 0 bridgehead atoms. The predicted octanol–water partition coefficient (Wildman–Crippen LogP) is 3.01. The fraction of sp³-hybridized carbons (Fsp3) is 0.471. The van der Waals surface area contributed by atoms with Gasteiger partial charge < -0.3 is 19.6 Å². The molecule has 0 saturated carbocycles. The van der Waals surface area contributed by atoms with Crippen molar-refractivity contribution in [1.29, 1.82) is 0 Å². The number of benzene rings is 1. The Kier molecular flexibility index (Phi) is 4.71. The second kappa shape index (κ2) is 6.76. The van der Waals surface area contributed by atoms with Crippen LogP contribution in [0.2, 0.25) is 0 Å². The minimum atomic E-state index is -0.563. The minimum Gasteiger partial charge on any atom is -0.429 e. The predicted molar refractivity (Wildman–Crippen MR) is 93.4 cm³/mol. The number of hydrogen-bond donors (Lipinski definition) is 2. The molecule has 2 amide bonds. The summed E-state index contributed by atoms with van der Waals surface area (Å²) in [5, 5.41) is 2.78. The summed E-state index contributed by atoms with van der Waals surface area (Å²) in [6.07, 6.45) is 3.18. The van der Waals surface area contributed by atoms with E-state index >= 15 is 0 Å². The van der Waals surface area contributed by atoms with Gasteiger partial charge in [-0.3, -0.25) is 9.59 Å². The summed E-state index contributed by atoms with van der Waals surface area (Å²) in [5.41, 5.74) is 1.70. The van der Waals surface area contributed by atoms with Crippen LogP contribution in [0.15, 0.2) is 22.6 Å². The van der Waals surface area contributed by atoms with E-state index in [1.54, 1.807) is 25.1 Å². The maximum absolute atomic E-state index is 12.6. The Bertz CT molecular complexity index is 826. The number of H-pyrrole nitrogens is 1. The van der Waals surface area contributed by atoms with Gasteiger partial charge >= 0.3 is 0 Å². The highest BCUT2D eigenvalue weighted by molar-refractivity contribution is 7.71. The van der Waals surface area contributed by atoms with Crippen LogP contribution in [0.25, 0.3) is 11.1 Å². The van der Waals surface area contributed by atoms with Crippen LogP contribution in [0.5, 0.6) is 0 Å². The molecular formula is C17H21N3O3S. The number of nitrogens with one attached hydrogen (secondary N) is 2. The van der Waals surface area contributed by atoms with Gasteiger partial charge in [0.15, 0.2) is 5.58 Å². The van der Waals surface area contributed by atoms with E-state index in [2.05, 4.69) is 17.2 Å². The zero-order chi connectivity index (χ0) is 17.3. The summed E-state index contributed by atoms with van der Waals surface area (Å²) < 4.78 is 5.32. The minimum absolute atomic E-state index is 0.0317. The molecule has 1 aliphatic rings. The van der Waals surface area contributed by atoms with Crippen LogP contribution in [0.1, 0.15) is 43.5 Å². The first kappa shape index (κ1) is 16.7. The smallest absolute Gasteiger partial charge is 0.266 e. The molecule has 0 aliphatic carbocycles. The van der Waals surface area contributed by atoms with Gasteiger partial charge in [-0.1, -0.05) is 0 Å². The van der Waals surface area contributed by atoms with Gasteiger partial charge in [-0.25, -0.2) is 0 Å². The molecule has 1 aliphatic heterocycles. The monoisotopic (exact) mass is 347 g/mol. The number of fused-ring (bicyclic) bond motifs is 1. The van der Waals surface area contributed by atoms with Crippen molar-refractivity contribution in [2.24, 2.45) is 0 Å². The molecule has 1 saturated heterocycles. The fourth-order valence-electron chi connectivity index (χ4n) is 3.10. The van der Waals surface area contributed by atoms with E-state index in [9.17, 15) is 9.59 Å². The molecule has 1 aromatic carbocycles. The second-order valence-electron chi connectivity index (χ2n) is 6.30. The summed E-state index contributed by atoms with van der Waals surface area (Å²) >= 11 is 4.94. The van der Waals surface area contributed by atoms with Crippen molar-refractivity contribution >= 4 is 35.1 Å². The van der Waals surface area contributed by atoms with Crippen LogP contribution < -0.4 is 5.32 Å². The first-order valence-electron chi connectivity index (χ1n) is 8.20. The van der Waals surface area contributed by atoms with E-state index < -0.39 is 6.04 Å². The van der Waals surface area contributed by atoms with Crippen molar-refractivity contribution < 1.29 is 14.0 Å². The molecular weight excluding hydrogens is 326 g/mol. The number of carbonyl (C=O) groups excluding carboxylic acids is 2. The second-order valence-corrected chi connectivity index (χ2v) is 6.67. The summed E-state index contributed by atoms with van der Waals surface area (Å²) in [6.45, 7) is 4.54. The maximum atomic E-state index is 12.6. The van der Waals surface area contributed by atoms with Crippen LogP contribution in [-0.4, -0.2) is 40.3 Å². The number of piperidine rings is 1. The Morgan fingerprint density at radius 2 is 2.21 bits per heavy atom. The third-order valence-corrected chi connectivity index (χ3v) is 4.67. The normalized spacial score (nSPS) is 19.2. The summed E-state index contributed by atoms with van der Waals surface area (Å²) in [4.78, 5) is 30.0. The lowest BCUT2D eigenvalue weighted by Crippen LogP contribution is -2.51. The van der Waals surface area contributed by atoms with E-state index in [1.165, 1.54) is 0 Å². The molecule has 7 heteroatoms. The molecule has 6 nitrogen and oxygen atoms in total. The lowest BCUT2D eigenvalue weighted by atomic mass is 10.0. The van der Waals surface area contributed by atoms with E-state index in [0.717, 1.165) is 31.3 Å². The van der Waals surface area contributed by atoms with E-state index in [1.807, 2.05) is 4.90 Å². The number of carbonyl (C=O) groups is 2. The molecule has 2 N–H and O–H groups in total. The average molecular weight is 347 g/mol. The lowest BCUT2D eigenvalue weighted by molar-refractivity contribution is -0.136. The Morgan fingerprint density at radius 1 is 1.42 bits per heavy atom. The molecule has 128 valence electrons. The fourth-order valence-corrected chi connectivity index (χ4v) is 3.30. The quantitative estimate of drug-likeness (QED) is 0.837. The van der Waals surface area contributed by atoms with Crippen LogP contribution in [-0.2, 0) is 4.79 Å². The number of aromatic amines is 1. The van der Waals surface area contributed by atoms with Gasteiger partial charge in [-0.15, -0.1) is 0 Å². The highest BCUT2D eigenvalue weighted by Crippen LogP contribution is 2.18. The third kappa shape index (κ3) is 3.36. The van der Waals surface area contributed by atoms with Gasteiger partial charge in [0, 0.05) is 18.2 Å². The van der Waals surface area contributed by atoms with E-state index in [-0.39, 0.29) is 22.7 Å². The number of amides is 2. The molecule has 0 unspecified atom stereocenters. The first-order chi connectivity index (χ1) is 11.5. The van der Waals surface area contributed by atoms with Gasteiger partial charge in [0.1, 0.15) is 6.04 Å².